The van der Waals surface area contributed by atoms with Crippen LogP contribution in [0.25, 0.3) is 0 Å². The van der Waals surface area contributed by atoms with Crippen LogP contribution < -0.4 is 9.34 Å². The molecule has 0 saturated carbocycles. The second-order valence-electron chi connectivity index (χ2n) is 4.25. The number of aliphatic carboxylic acids is 1. The summed E-state index contributed by atoms with van der Waals surface area (Å²) >= 11 is 0. The molecule has 1 aromatic heterocycles. The van der Waals surface area contributed by atoms with Gasteiger partial charge in [0.2, 0.25) is 4.60 Å². The van der Waals surface area contributed by atoms with Crippen LogP contribution in [-0.2, 0) is 14.6 Å². The second-order valence-corrected chi connectivity index (χ2v) is 6.11. The van der Waals surface area contributed by atoms with Gasteiger partial charge in [0, 0.05) is 6.42 Å². The van der Waals surface area contributed by atoms with Crippen LogP contribution in [0.1, 0.15) is 12.8 Å². The van der Waals surface area contributed by atoms with Gasteiger partial charge in [-0.3, -0.25) is 4.79 Å². The van der Waals surface area contributed by atoms with Crippen molar-refractivity contribution in [2.24, 2.45) is 0 Å². The Balaban J connectivity index is 2.26. The molecule has 2 N–H and O–H groups in total. The fourth-order valence-electron chi connectivity index (χ4n) is 1.67. The minimum Gasteiger partial charge on any atom is -0.481 e. The summed E-state index contributed by atoms with van der Waals surface area (Å²) in [6, 6.07) is 7.32. The van der Waals surface area contributed by atoms with Gasteiger partial charge < -0.3 is 9.84 Å². The maximum atomic E-state index is 12.4. The van der Waals surface area contributed by atoms with Gasteiger partial charge in [0.25, 0.3) is 9.84 Å². The monoisotopic (exact) mass is 329 g/mol. The molecule has 2 rings (SSSR count). The lowest BCUT2D eigenvalue weighted by molar-refractivity contribution is -0.744. The Morgan fingerprint density at radius 3 is 2.64 bits per heavy atom. The molecule has 0 aliphatic rings. The van der Waals surface area contributed by atoms with Crippen LogP contribution in [0, 0.1) is 4.91 Å². The number of hydrogen-bond acceptors (Lipinski definition) is 6. The molecular weight excluding hydrogens is 316 g/mol. The molecule has 0 bridgehead atoms. The van der Waals surface area contributed by atoms with E-state index in [1.807, 2.05) is 0 Å². The highest BCUT2D eigenvalue weighted by Gasteiger charge is 2.37. The first-order valence-corrected chi connectivity index (χ1v) is 7.70. The molecule has 118 valence electrons. The minimum atomic E-state index is -4.13. The number of nitrogens with one attached hydrogen (secondary N) is 1. The van der Waals surface area contributed by atoms with Gasteiger partial charge in [-0.15, -0.1) is 0 Å². The maximum absolute atomic E-state index is 12.4. The van der Waals surface area contributed by atoms with E-state index in [4.69, 9.17) is 9.84 Å². The summed E-state index contributed by atoms with van der Waals surface area (Å²) < 4.78 is 34.1. The molecule has 0 aliphatic carbocycles. The van der Waals surface area contributed by atoms with Gasteiger partial charge in [-0.1, -0.05) is 22.8 Å². The first-order valence-electron chi connectivity index (χ1n) is 6.22. The molecule has 0 radical (unpaired) electrons. The fraction of sp³-hybridized carbons (Fsp3) is 0.250. The Hall–Kier alpha value is -2.62. The zero-order chi connectivity index (χ0) is 16.2. The zero-order valence-corrected chi connectivity index (χ0v) is 12.1. The van der Waals surface area contributed by atoms with E-state index in [1.165, 1.54) is 24.3 Å². The lowest BCUT2D eigenvalue weighted by Crippen LogP contribution is -2.21. The van der Waals surface area contributed by atoms with Crippen molar-refractivity contribution in [3.05, 3.63) is 35.2 Å². The van der Waals surface area contributed by atoms with E-state index in [2.05, 4.69) is 9.79 Å². The van der Waals surface area contributed by atoms with Crippen molar-refractivity contribution in [2.75, 3.05) is 6.61 Å². The van der Waals surface area contributed by atoms with E-state index >= 15 is 0 Å². The topological polar surface area (TPSA) is 133 Å². The Labute approximate surface area is 124 Å². The average molecular weight is 329 g/mol. The highest BCUT2D eigenvalue weighted by Crippen LogP contribution is 2.24. The summed E-state index contributed by atoms with van der Waals surface area (Å²) in [7, 11) is -4.13. The van der Waals surface area contributed by atoms with Gasteiger partial charge in [-0.05, 0) is 28.6 Å². The molecule has 10 heteroatoms. The molecule has 0 atom stereocenters. The van der Waals surface area contributed by atoms with Crippen molar-refractivity contribution < 1.29 is 32.3 Å². The quantitative estimate of drug-likeness (QED) is 0.711. The SMILES string of the molecule is O=C(O)CCCOc1[nH]o[n+](=O)c1S(=O)(=O)c1ccccc1. The molecule has 0 amide bonds. The third-order valence-corrected chi connectivity index (χ3v) is 4.41. The van der Waals surface area contributed by atoms with Crippen molar-refractivity contribution >= 4 is 15.8 Å². The number of carboxylic acid groups (broad SMARTS) is 1. The maximum Gasteiger partial charge on any atom is 0.404 e. The lowest BCUT2D eigenvalue weighted by Gasteiger charge is -2.00. The standard InChI is InChI=1S/C12H12N2O7S/c15-10(16)7-4-8-20-11-12(14(17)21-13-11)22(18,19)9-5-2-1-3-6-9/h1-3,5-6H,4,7-8H2,(H-,13,15,16,17)/p+1. The number of rotatable bonds is 7. The smallest absolute Gasteiger partial charge is 0.404 e. The predicted molar refractivity (Wildman–Crippen MR) is 70.7 cm³/mol. The molecule has 22 heavy (non-hydrogen) atoms. The van der Waals surface area contributed by atoms with E-state index in [1.54, 1.807) is 6.07 Å². The number of H-pyrrole nitrogens is 1. The average Bonchev–Trinajstić information content (AvgIpc) is 2.86. The lowest BCUT2D eigenvalue weighted by atomic mass is 10.3. The van der Waals surface area contributed by atoms with Crippen LogP contribution in [0.3, 0.4) is 0 Å². The Morgan fingerprint density at radius 2 is 2.00 bits per heavy atom. The third-order valence-electron chi connectivity index (χ3n) is 2.67. The third kappa shape index (κ3) is 3.34. The van der Waals surface area contributed by atoms with Crippen LogP contribution in [0.5, 0.6) is 5.88 Å². The summed E-state index contributed by atoms with van der Waals surface area (Å²) in [4.78, 5) is 21.9. The Morgan fingerprint density at radius 1 is 1.32 bits per heavy atom. The summed E-state index contributed by atoms with van der Waals surface area (Å²) in [5.41, 5.74) is 0. The molecule has 2 aromatic rings. The van der Waals surface area contributed by atoms with E-state index in [0.717, 1.165) is 0 Å². The molecule has 1 aromatic carbocycles. The minimum absolute atomic E-state index is 0.0837. The van der Waals surface area contributed by atoms with Gasteiger partial charge in [0.1, 0.15) is 0 Å². The van der Waals surface area contributed by atoms with E-state index in [9.17, 15) is 18.1 Å². The first-order chi connectivity index (χ1) is 10.4. The van der Waals surface area contributed by atoms with E-state index in [-0.39, 0.29) is 34.8 Å². The highest BCUT2D eigenvalue weighted by atomic mass is 32.2. The van der Waals surface area contributed by atoms with E-state index in [0.29, 0.717) is 0 Å². The second kappa shape index (κ2) is 6.43. The molecule has 1 heterocycles. The van der Waals surface area contributed by atoms with Gasteiger partial charge in [-0.2, -0.15) is 0 Å². The largest absolute Gasteiger partial charge is 0.481 e. The fourth-order valence-corrected chi connectivity index (χ4v) is 2.99. The molecule has 0 spiro atoms. The summed E-state index contributed by atoms with van der Waals surface area (Å²) in [6.45, 7) is -0.0837. The number of carboxylic acids is 1. The molecule has 0 aliphatic heterocycles. The van der Waals surface area contributed by atoms with Crippen LogP contribution in [0.4, 0.5) is 0 Å². The number of ether oxygens (including phenoxy) is 1. The Bertz CT molecular complexity index is 808. The van der Waals surface area contributed by atoms with Crippen LogP contribution in [0.2, 0.25) is 0 Å². The van der Waals surface area contributed by atoms with Crippen molar-refractivity contribution in [1.29, 1.82) is 0 Å². The molecule has 0 fully saturated rings. The Kier molecular flexibility index (Phi) is 4.61. The number of carbonyl (C=O) groups is 1. The number of nitrogens with zero attached hydrogens (tertiary/aromatic N) is 1. The van der Waals surface area contributed by atoms with Gasteiger partial charge in [0.05, 0.1) is 11.5 Å². The van der Waals surface area contributed by atoms with Crippen LogP contribution in [-0.4, -0.2) is 31.3 Å². The van der Waals surface area contributed by atoms with Gasteiger partial charge in [-0.25, -0.2) is 8.42 Å². The number of benzene rings is 1. The molecule has 9 nitrogen and oxygen atoms in total. The number of aromatic amines is 1. The zero-order valence-electron chi connectivity index (χ0n) is 11.3. The highest BCUT2D eigenvalue weighted by molar-refractivity contribution is 7.91. The van der Waals surface area contributed by atoms with Crippen molar-refractivity contribution in [3.63, 3.8) is 0 Å². The predicted octanol–water partition coefficient (Wildman–Crippen LogP) is 0.599. The van der Waals surface area contributed by atoms with Crippen molar-refractivity contribution in [2.45, 2.75) is 22.8 Å². The summed E-state index contributed by atoms with van der Waals surface area (Å²) in [5.74, 6) is -1.37. The van der Waals surface area contributed by atoms with Crippen LogP contribution >= 0.6 is 0 Å². The molecule has 0 saturated heterocycles. The first kappa shape index (κ1) is 15.8. The normalized spacial score (nSPS) is 11.3. The van der Waals surface area contributed by atoms with Gasteiger partial charge >= 0.3 is 16.9 Å². The van der Waals surface area contributed by atoms with Gasteiger partial charge in [0.15, 0.2) is 0 Å². The molecule has 0 unspecified atom stereocenters. The van der Waals surface area contributed by atoms with E-state index < -0.39 is 20.8 Å². The van der Waals surface area contributed by atoms with Crippen molar-refractivity contribution in [3.8, 4) is 5.88 Å². The van der Waals surface area contributed by atoms with Crippen molar-refractivity contribution in [1.82, 2.24) is 5.16 Å². The number of hydrogen-bond donors (Lipinski definition) is 2. The molecular formula is C12H13N2O7S+. The van der Waals surface area contributed by atoms with Crippen LogP contribution in [0.15, 0.2) is 44.9 Å². The number of sulfone groups is 1. The summed E-state index contributed by atoms with van der Waals surface area (Å²) in [6.07, 6.45) is 0.00797. The summed E-state index contributed by atoms with van der Waals surface area (Å²) in [5, 5.41) is 9.87. The number of aromatic nitrogens is 2.